The molecule has 0 aliphatic rings. The second kappa shape index (κ2) is 5.67. The van der Waals surface area contributed by atoms with Crippen LogP contribution >= 0.6 is 12.4 Å². The molecular weight excluding hydrogens is 230 g/mol. The minimum absolute atomic E-state index is 0. The molecule has 0 aromatic carbocycles. The summed E-state index contributed by atoms with van der Waals surface area (Å²) >= 11 is 0. The molecule has 0 amide bonds. The van der Waals surface area contributed by atoms with Gasteiger partial charge in [0, 0.05) is 12.5 Å². The number of nitrogens with zero attached hydrogens (tertiary/aromatic N) is 2. The molecule has 1 atom stereocenters. The summed E-state index contributed by atoms with van der Waals surface area (Å²) in [6, 6.07) is 3.90. The number of halogens is 1. The van der Waals surface area contributed by atoms with Gasteiger partial charge in [0.25, 0.3) is 5.89 Å². The topological polar surface area (TPSA) is 64.1 Å². The molecule has 16 heavy (non-hydrogen) atoms. The third-order valence-corrected chi connectivity index (χ3v) is 2.18. The molecule has 1 unspecified atom stereocenters. The Labute approximate surface area is 99.6 Å². The van der Waals surface area contributed by atoms with E-state index in [1.165, 1.54) is 0 Å². The lowest BCUT2D eigenvalue weighted by molar-refractivity contribution is 0.406. The number of nitrogens with one attached hydrogen (secondary N) is 1. The molecule has 0 aliphatic carbocycles. The van der Waals surface area contributed by atoms with Crippen LogP contribution in [0, 0.1) is 0 Å². The molecule has 6 heteroatoms. The molecule has 0 radical (unpaired) electrons. The van der Waals surface area contributed by atoms with Crippen molar-refractivity contribution in [2.45, 2.75) is 19.4 Å². The zero-order chi connectivity index (χ0) is 10.7. The Morgan fingerprint density at radius 2 is 2.31 bits per heavy atom. The Morgan fingerprint density at radius 1 is 1.50 bits per heavy atom. The molecule has 0 saturated carbocycles. The average molecular weight is 244 g/mol. The minimum atomic E-state index is 0. The molecule has 0 spiro atoms. The molecule has 2 rings (SSSR count). The SMILES string of the molecule is CNC(C)Cc1noc(-c2ccco2)n1.Cl. The van der Waals surface area contributed by atoms with Crippen molar-refractivity contribution in [3.05, 3.63) is 24.2 Å². The minimum Gasteiger partial charge on any atom is -0.459 e. The van der Waals surface area contributed by atoms with Gasteiger partial charge in [0.15, 0.2) is 11.6 Å². The highest BCUT2D eigenvalue weighted by molar-refractivity contribution is 5.85. The fraction of sp³-hybridized carbons (Fsp3) is 0.400. The summed E-state index contributed by atoms with van der Waals surface area (Å²) in [5.41, 5.74) is 0. The van der Waals surface area contributed by atoms with Crippen molar-refractivity contribution in [2.75, 3.05) is 7.05 Å². The van der Waals surface area contributed by atoms with Crippen molar-refractivity contribution in [1.82, 2.24) is 15.5 Å². The van der Waals surface area contributed by atoms with E-state index in [9.17, 15) is 0 Å². The molecule has 5 nitrogen and oxygen atoms in total. The van der Waals surface area contributed by atoms with Crippen LogP contribution in [-0.2, 0) is 6.42 Å². The first-order valence-corrected chi connectivity index (χ1v) is 4.83. The number of rotatable bonds is 4. The quantitative estimate of drug-likeness (QED) is 0.889. The summed E-state index contributed by atoms with van der Waals surface area (Å²) in [6.07, 6.45) is 2.32. The van der Waals surface area contributed by atoms with E-state index in [1.807, 2.05) is 7.05 Å². The highest BCUT2D eigenvalue weighted by Gasteiger charge is 2.12. The molecule has 88 valence electrons. The Morgan fingerprint density at radius 3 is 2.94 bits per heavy atom. The van der Waals surface area contributed by atoms with Gasteiger partial charge < -0.3 is 14.3 Å². The molecule has 0 fully saturated rings. The molecular formula is C10H14ClN3O2. The summed E-state index contributed by atoms with van der Waals surface area (Å²) < 4.78 is 10.2. The number of hydrogen-bond acceptors (Lipinski definition) is 5. The molecule has 2 heterocycles. The summed E-state index contributed by atoms with van der Waals surface area (Å²) in [6.45, 7) is 2.06. The summed E-state index contributed by atoms with van der Waals surface area (Å²) in [5, 5.41) is 6.99. The van der Waals surface area contributed by atoms with E-state index in [1.54, 1.807) is 18.4 Å². The second-order valence-corrected chi connectivity index (χ2v) is 3.39. The largest absolute Gasteiger partial charge is 0.459 e. The van der Waals surface area contributed by atoms with Crippen molar-refractivity contribution >= 4 is 12.4 Å². The van der Waals surface area contributed by atoms with Crippen molar-refractivity contribution < 1.29 is 8.94 Å². The van der Waals surface area contributed by atoms with Crippen molar-refractivity contribution in [1.29, 1.82) is 0 Å². The summed E-state index contributed by atoms with van der Waals surface area (Å²) in [5.74, 6) is 1.72. The maximum atomic E-state index is 5.15. The predicted octanol–water partition coefficient (Wildman–Crippen LogP) is 1.90. The van der Waals surface area contributed by atoms with Gasteiger partial charge in [0.1, 0.15) is 0 Å². The van der Waals surface area contributed by atoms with Crippen LogP contribution in [0.25, 0.3) is 11.7 Å². The van der Waals surface area contributed by atoms with Gasteiger partial charge in [-0.15, -0.1) is 12.4 Å². The number of likely N-dealkylation sites (N-methyl/N-ethyl adjacent to an activating group) is 1. The highest BCUT2D eigenvalue weighted by atomic mass is 35.5. The second-order valence-electron chi connectivity index (χ2n) is 3.39. The lowest BCUT2D eigenvalue weighted by atomic mass is 10.2. The Hall–Kier alpha value is -1.33. The third-order valence-electron chi connectivity index (χ3n) is 2.18. The molecule has 0 aliphatic heterocycles. The van der Waals surface area contributed by atoms with Gasteiger partial charge in [-0.3, -0.25) is 0 Å². The average Bonchev–Trinajstić information content (AvgIpc) is 2.85. The van der Waals surface area contributed by atoms with Gasteiger partial charge in [0.05, 0.1) is 6.26 Å². The van der Waals surface area contributed by atoms with Gasteiger partial charge in [0.2, 0.25) is 0 Å². The van der Waals surface area contributed by atoms with Gasteiger partial charge >= 0.3 is 0 Å². The van der Waals surface area contributed by atoms with E-state index in [0.29, 0.717) is 23.5 Å². The van der Waals surface area contributed by atoms with Crippen LogP contribution in [0.3, 0.4) is 0 Å². The molecule has 0 bridgehead atoms. The lowest BCUT2D eigenvalue weighted by Crippen LogP contribution is -2.24. The standard InChI is InChI=1S/C10H13N3O2.ClH/c1-7(11-2)6-9-12-10(15-13-9)8-4-3-5-14-8;/h3-5,7,11H,6H2,1-2H3;1H. The van der Waals surface area contributed by atoms with Crippen LogP contribution < -0.4 is 5.32 Å². The van der Waals surface area contributed by atoms with Crippen molar-refractivity contribution in [3.63, 3.8) is 0 Å². The summed E-state index contributed by atoms with van der Waals surface area (Å²) in [4.78, 5) is 4.23. The summed E-state index contributed by atoms with van der Waals surface area (Å²) in [7, 11) is 1.90. The van der Waals surface area contributed by atoms with Gasteiger partial charge in [-0.05, 0) is 26.1 Å². The number of hydrogen-bond donors (Lipinski definition) is 1. The maximum absolute atomic E-state index is 5.15. The first-order chi connectivity index (χ1) is 7.29. The first kappa shape index (κ1) is 12.7. The van der Waals surface area contributed by atoms with Crippen LogP contribution in [0.15, 0.2) is 27.3 Å². The maximum Gasteiger partial charge on any atom is 0.293 e. The Bertz CT molecular complexity index is 413. The third kappa shape index (κ3) is 2.84. The first-order valence-electron chi connectivity index (χ1n) is 4.83. The number of aromatic nitrogens is 2. The molecule has 1 N–H and O–H groups in total. The smallest absolute Gasteiger partial charge is 0.293 e. The number of furan rings is 1. The fourth-order valence-electron chi connectivity index (χ4n) is 1.21. The molecule has 2 aromatic heterocycles. The zero-order valence-electron chi connectivity index (χ0n) is 9.14. The van der Waals surface area contributed by atoms with Crippen LogP contribution in [-0.4, -0.2) is 23.2 Å². The van der Waals surface area contributed by atoms with Crippen molar-refractivity contribution in [3.8, 4) is 11.7 Å². The Kier molecular flexibility index (Phi) is 4.52. The van der Waals surface area contributed by atoms with E-state index in [2.05, 4.69) is 22.4 Å². The molecule has 0 saturated heterocycles. The van der Waals surface area contributed by atoms with E-state index in [0.717, 1.165) is 6.42 Å². The van der Waals surface area contributed by atoms with Gasteiger partial charge in [-0.1, -0.05) is 5.16 Å². The van der Waals surface area contributed by atoms with Crippen molar-refractivity contribution in [2.24, 2.45) is 0 Å². The Balaban J connectivity index is 0.00000128. The van der Waals surface area contributed by atoms with E-state index >= 15 is 0 Å². The van der Waals surface area contributed by atoms with Crippen LogP contribution in [0.4, 0.5) is 0 Å². The van der Waals surface area contributed by atoms with Crippen LogP contribution in [0.5, 0.6) is 0 Å². The van der Waals surface area contributed by atoms with Crippen LogP contribution in [0.1, 0.15) is 12.7 Å². The lowest BCUT2D eigenvalue weighted by Gasteiger charge is -2.04. The molecule has 2 aromatic rings. The normalized spacial score (nSPS) is 12.1. The highest BCUT2D eigenvalue weighted by Crippen LogP contribution is 2.17. The predicted molar refractivity (Wildman–Crippen MR) is 61.5 cm³/mol. The van der Waals surface area contributed by atoms with Gasteiger partial charge in [-0.2, -0.15) is 4.98 Å². The monoisotopic (exact) mass is 243 g/mol. The van der Waals surface area contributed by atoms with E-state index < -0.39 is 0 Å². The van der Waals surface area contributed by atoms with Crippen LogP contribution in [0.2, 0.25) is 0 Å². The van der Waals surface area contributed by atoms with Gasteiger partial charge in [-0.25, -0.2) is 0 Å². The van der Waals surface area contributed by atoms with E-state index in [4.69, 9.17) is 8.94 Å². The fourth-order valence-corrected chi connectivity index (χ4v) is 1.21. The van der Waals surface area contributed by atoms with E-state index in [-0.39, 0.29) is 12.4 Å². The zero-order valence-corrected chi connectivity index (χ0v) is 9.95.